The highest BCUT2D eigenvalue weighted by Gasteiger charge is 2.53. The highest BCUT2D eigenvalue weighted by atomic mass is 16.9. The number of benzene rings is 1. The Labute approximate surface area is 265 Å². The zero-order chi connectivity index (χ0) is 33.6. The molecular formula is C32H37N7O7. The van der Waals surface area contributed by atoms with Gasteiger partial charge >= 0.3 is 12.1 Å². The van der Waals surface area contributed by atoms with Crippen LogP contribution in [0.2, 0.25) is 0 Å². The fraction of sp³-hybridized carbons (Fsp3) is 0.375. The van der Waals surface area contributed by atoms with E-state index in [0.717, 1.165) is 27.1 Å². The van der Waals surface area contributed by atoms with Gasteiger partial charge in [0.25, 0.3) is 5.91 Å². The number of pyridine rings is 1. The van der Waals surface area contributed by atoms with Crippen LogP contribution in [0.15, 0.2) is 54.6 Å². The van der Waals surface area contributed by atoms with Gasteiger partial charge in [-0.25, -0.2) is 14.7 Å². The number of ether oxygens (including phenoxy) is 1. The Kier molecular flexibility index (Phi) is 8.34. The van der Waals surface area contributed by atoms with E-state index >= 15 is 0 Å². The van der Waals surface area contributed by atoms with Crippen LogP contribution in [-0.2, 0) is 38.5 Å². The molecule has 0 unspecified atom stereocenters. The Balaban J connectivity index is 1.32. The molecule has 1 spiro atoms. The lowest BCUT2D eigenvalue weighted by atomic mass is 9.78. The van der Waals surface area contributed by atoms with E-state index < -0.39 is 35.0 Å². The molecule has 14 heteroatoms. The summed E-state index contributed by atoms with van der Waals surface area (Å²) in [7, 11) is 2.93. The smallest absolute Gasteiger partial charge is 0.436 e. The number of hydrogen-bond acceptors (Lipinski definition) is 9. The molecule has 2 atom stereocenters. The van der Waals surface area contributed by atoms with Crippen molar-refractivity contribution in [3.63, 3.8) is 0 Å². The highest BCUT2D eigenvalue weighted by molar-refractivity contribution is 5.97. The number of carbonyl (C=O) groups is 4. The predicted molar refractivity (Wildman–Crippen MR) is 166 cm³/mol. The number of amides is 3. The number of fused-ring (bicyclic) bond motifs is 2. The van der Waals surface area contributed by atoms with Crippen LogP contribution in [0, 0.1) is 12.3 Å². The summed E-state index contributed by atoms with van der Waals surface area (Å²) in [6.45, 7) is 11.0. The number of allylic oxidation sites excluding steroid dienone is 1. The quantitative estimate of drug-likeness (QED) is 0.257. The van der Waals surface area contributed by atoms with Gasteiger partial charge < -0.3 is 20.5 Å². The van der Waals surface area contributed by atoms with Gasteiger partial charge in [-0.05, 0) is 62.9 Å². The van der Waals surface area contributed by atoms with Crippen LogP contribution in [0.3, 0.4) is 0 Å². The molecule has 0 saturated carbocycles. The maximum atomic E-state index is 13.5. The molecule has 4 N–H and O–H groups in total. The van der Waals surface area contributed by atoms with Gasteiger partial charge in [-0.2, -0.15) is 10.2 Å². The van der Waals surface area contributed by atoms with Crippen LogP contribution < -0.4 is 10.6 Å². The summed E-state index contributed by atoms with van der Waals surface area (Å²) in [6, 6.07) is 4.15. The van der Waals surface area contributed by atoms with Crippen LogP contribution in [0.25, 0.3) is 10.9 Å². The molecule has 3 aromatic rings. The number of aromatic nitrogens is 3. The van der Waals surface area contributed by atoms with E-state index in [1.807, 2.05) is 19.1 Å². The number of rotatable bonds is 9. The molecule has 46 heavy (non-hydrogen) atoms. The number of aromatic amines is 1. The molecular weight excluding hydrogens is 594 g/mol. The first kappa shape index (κ1) is 32.2. The van der Waals surface area contributed by atoms with E-state index in [2.05, 4.69) is 32.4 Å². The third-order valence-electron chi connectivity index (χ3n) is 7.98. The Morgan fingerprint density at radius 3 is 2.61 bits per heavy atom. The SMILES string of the molecule is C=CC1=C(N(C)ON(C)C(=O)OC(C)(C)C)NC(=O)[C@]12Cc1cc(C(=O)N[C@H](Cc3cc(C)c4[nH]ncc4c3)C(=O)O)cnc1C2. The van der Waals surface area contributed by atoms with E-state index in [4.69, 9.17) is 9.68 Å². The maximum Gasteiger partial charge on any atom is 0.436 e. The van der Waals surface area contributed by atoms with E-state index in [0.29, 0.717) is 22.7 Å². The van der Waals surface area contributed by atoms with Gasteiger partial charge in [-0.3, -0.25) is 19.7 Å². The van der Waals surface area contributed by atoms with Crippen molar-refractivity contribution in [1.82, 2.24) is 35.9 Å². The Morgan fingerprint density at radius 1 is 1.20 bits per heavy atom. The molecule has 3 amide bonds. The maximum absolute atomic E-state index is 13.5. The second kappa shape index (κ2) is 11.9. The van der Waals surface area contributed by atoms with Gasteiger partial charge in [0.15, 0.2) is 0 Å². The van der Waals surface area contributed by atoms with Gasteiger partial charge in [0, 0.05) is 49.8 Å². The molecule has 1 aliphatic heterocycles. The normalized spacial score (nSPS) is 17.9. The van der Waals surface area contributed by atoms with E-state index in [1.165, 1.54) is 25.4 Å². The molecule has 0 radical (unpaired) electrons. The average Bonchev–Trinajstić information content (AvgIpc) is 3.67. The lowest BCUT2D eigenvalue weighted by molar-refractivity contribution is -0.272. The molecule has 5 rings (SSSR count). The van der Waals surface area contributed by atoms with Gasteiger partial charge in [0.05, 0.1) is 22.7 Å². The molecule has 2 aromatic heterocycles. The molecule has 0 bridgehead atoms. The monoisotopic (exact) mass is 631 g/mol. The lowest BCUT2D eigenvalue weighted by Crippen LogP contribution is -2.42. The van der Waals surface area contributed by atoms with Crippen LogP contribution >= 0.6 is 0 Å². The zero-order valence-electron chi connectivity index (χ0n) is 26.6. The average molecular weight is 632 g/mol. The number of H-pyrrole nitrogens is 1. The fourth-order valence-electron chi connectivity index (χ4n) is 5.88. The van der Waals surface area contributed by atoms with Crippen molar-refractivity contribution in [3.8, 4) is 0 Å². The molecule has 14 nitrogen and oxygen atoms in total. The topological polar surface area (TPSA) is 179 Å². The van der Waals surface area contributed by atoms with E-state index in [9.17, 15) is 24.3 Å². The second-order valence-electron chi connectivity index (χ2n) is 12.6. The van der Waals surface area contributed by atoms with Crippen molar-refractivity contribution in [2.75, 3.05) is 14.1 Å². The largest absolute Gasteiger partial charge is 0.480 e. The van der Waals surface area contributed by atoms with Crippen molar-refractivity contribution < 1.29 is 34.0 Å². The minimum atomic E-state index is -1.19. The standard InChI is InChI=1S/C32H37N7O7/c1-8-22-26(38(6)46-39(7)30(44)45-31(3,4)5)36-29(43)32(22)13-19-12-21(15-33-24(19)14-32)27(40)35-23(28(41)42)11-18-9-17(2)25-20(10-18)16-34-37-25/h8-10,12,15-16,23H,1,11,13-14H2,2-7H3,(H,34,37)(H,35,40)(H,36,43)(H,41,42)/t23-,32+/m1/s1. The van der Waals surface area contributed by atoms with Crippen molar-refractivity contribution in [1.29, 1.82) is 0 Å². The van der Waals surface area contributed by atoms with Gasteiger partial charge in [0.2, 0.25) is 5.91 Å². The summed E-state index contributed by atoms with van der Waals surface area (Å²) in [6.07, 6.45) is 4.40. The van der Waals surface area contributed by atoms with Crippen molar-refractivity contribution in [2.24, 2.45) is 5.41 Å². The van der Waals surface area contributed by atoms with Crippen LogP contribution in [0.4, 0.5) is 4.79 Å². The summed E-state index contributed by atoms with van der Waals surface area (Å²) >= 11 is 0. The Morgan fingerprint density at radius 2 is 1.93 bits per heavy atom. The number of hydrogen-bond donors (Lipinski definition) is 4. The molecule has 3 heterocycles. The number of carboxylic acids is 1. The predicted octanol–water partition coefficient (Wildman–Crippen LogP) is 2.95. The number of hydroxylamine groups is 4. The summed E-state index contributed by atoms with van der Waals surface area (Å²) < 4.78 is 5.32. The van der Waals surface area contributed by atoms with Crippen LogP contribution in [0.5, 0.6) is 0 Å². The third-order valence-corrected chi connectivity index (χ3v) is 7.98. The first-order valence-corrected chi connectivity index (χ1v) is 14.6. The van der Waals surface area contributed by atoms with Crippen molar-refractivity contribution in [2.45, 2.75) is 58.6 Å². The summed E-state index contributed by atoms with van der Waals surface area (Å²) in [5, 5.41) is 25.3. The Bertz CT molecular complexity index is 1790. The molecule has 1 aromatic carbocycles. The molecule has 242 valence electrons. The van der Waals surface area contributed by atoms with E-state index in [-0.39, 0.29) is 30.7 Å². The number of carbonyl (C=O) groups excluding carboxylic acids is 3. The van der Waals surface area contributed by atoms with Crippen LogP contribution in [-0.4, -0.2) is 80.0 Å². The lowest BCUT2D eigenvalue weighted by Gasteiger charge is -2.28. The Hall–Kier alpha value is -5.24. The number of carboxylic acid groups (broad SMARTS) is 1. The summed E-state index contributed by atoms with van der Waals surface area (Å²) in [5.74, 6) is -1.79. The molecule has 1 aliphatic carbocycles. The molecule has 2 aliphatic rings. The van der Waals surface area contributed by atoms with Gasteiger partial charge in [-0.15, -0.1) is 4.94 Å². The highest BCUT2D eigenvalue weighted by Crippen LogP contribution is 2.47. The summed E-state index contributed by atoms with van der Waals surface area (Å²) in [5.41, 5.74) is 2.73. The molecule has 0 fully saturated rings. The first-order chi connectivity index (χ1) is 21.6. The van der Waals surface area contributed by atoms with Crippen LogP contribution in [0.1, 0.15) is 53.5 Å². The third kappa shape index (κ3) is 6.15. The number of nitrogens with one attached hydrogen (secondary N) is 3. The van der Waals surface area contributed by atoms with E-state index in [1.54, 1.807) is 39.1 Å². The number of aliphatic carboxylic acids is 1. The van der Waals surface area contributed by atoms with Crippen molar-refractivity contribution >= 4 is 34.8 Å². The number of aryl methyl sites for hydroxylation is 1. The second-order valence-corrected chi connectivity index (χ2v) is 12.6. The number of nitrogens with zero attached hydrogens (tertiary/aromatic N) is 4. The minimum absolute atomic E-state index is 0.0691. The first-order valence-electron chi connectivity index (χ1n) is 14.6. The molecule has 0 saturated heterocycles. The van der Waals surface area contributed by atoms with Gasteiger partial charge in [-0.1, -0.05) is 18.7 Å². The summed E-state index contributed by atoms with van der Waals surface area (Å²) in [4.78, 5) is 61.4. The minimum Gasteiger partial charge on any atom is -0.480 e. The van der Waals surface area contributed by atoms with Crippen molar-refractivity contribution in [3.05, 3.63) is 82.6 Å². The fourth-order valence-corrected chi connectivity index (χ4v) is 5.88. The zero-order valence-corrected chi connectivity index (χ0v) is 26.6. The van der Waals surface area contributed by atoms with Gasteiger partial charge in [0.1, 0.15) is 17.5 Å².